The van der Waals surface area contributed by atoms with Crippen molar-refractivity contribution in [2.75, 3.05) is 59.2 Å². The van der Waals surface area contributed by atoms with Crippen molar-refractivity contribution in [2.24, 2.45) is 17.8 Å². The molecule has 3 fully saturated rings. The number of urea groups is 1. The highest BCUT2D eigenvalue weighted by Gasteiger charge is 2.32. The second kappa shape index (κ2) is 8.50. The lowest BCUT2D eigenvalue weighted by Crippen LogP contribution is -2.55. The summed E-state index contributed by atoms with van der Waals surface area (Å²) in [4.78, 5) is 17.1. The molecule has 0 aromatic heterocycles. The highest BCUT2D eigenvalue weighted by molar-refractivity contribution is 5.74. The Morgan fingerprint density at radius 3 is 2.46 bits per heavy atom. The van der Waals surface area contributed by atoms with Gasteiger partial charge in [-0.2, -0.15) is 0 Å². The molecule has 0 radical (unpaired) electrons. The number of hydrogen-bond donors (Lipinski definition) is 1. The van der Waals surface area contributed by atoms with Gasteiger partial charge in [-0.25, -0.2) is 4.79 Å². The molecule has 3 heterocycles. The molecule has 0 unspecified atom stereocenters. The lowest BCUT2D eigenvalue weighted by Gasteiger charge is -2.39. The largest absolute Gasteiger partial charge is 0.381 e. The van der Waals surface area contributed by atoms with Gasteiger partial charge in [-0.3, -0.25) is 4.90 Å². The zero-order chi connectivity index (χ0) is 16.9. The van der Waals surface area contributed by atoms with Gasteiger partial charge in [0, 0.05) is 51.3 Å². The van der Waals surface area contributed by atoms with Crippen LogP contribution >= 0.6 is 0 Å². The van der Waals surface area contributed by atoms with Crippen LogP contribution in [0.25, 0.3) is 0 Å². The van der Waals surface area contributed by atoms with Crippen molar-refractivity contribution < 1.29 is 14.3 Å². The van der Waals surface area contributed by atoms with E-state index in [4.69, 9.17) is 9.47 Å². The number of rotatable bonds is 4. The van der Waals surface area contributed by atoms with Crippen LogP contribution in [0.2, 0.25) is 0 Å². The molecule has 138 valence electrons. The maximum atomic E-state index is 12.6. The molecule has 24 heavy (non-hydrogen) atoms. The van der Waals surface area contributed by atoms with Gasteiger partial charge in [-0.15, -0.1) is 0 Å². The summed E-state index contributed by atoms with van der Waals surface area (Å²) in [5, 5.41) is 3.22. The summed E-state index contributed by atoms with van der Waals surface area (Å²) in [5.41, 5.74) is 0. The first-order valence-corrected chi connectivity index (χ1v) is 9.55. The average Bonchev–Trinajstić information content (AvgIpc) is 3.09. The summed E-state index contributed by atoms with van der Waals surface area (Å²) < 4.78 is 11.1. The van der Waals surface area contributed by atoms with Gasteiger partial charge in [0.1, 0.15) is 0 Å². The van der Waals surface area contributed by atoms with Crippen molar-refractivity contribution in [1.82, 2.24) is 15.1 Å². The van der Waals surface area contributed by atoms with Gasteiger partial charge in [0.05, 0.1) is 19.8 Å². The maximum absolute atomic E-state index is 12.6. The minimum Gasteiger partial charge on any atom is -0.381 e. The molecule has 3 aliphatic rings. The van der Waals surface area contributed by atoms with Crippen LogP contribution in [0, 0.1) is 17.8 Å². The maximum Gasteiger partial charge on any atom is 0.317 e. The molecular weight excluding hydrogens is 306 g/mol. The molecule has 3 rings (SSSR count). The summed E-state index contributed by atoms with van der Waals surface area (Å²) in [6.45, 7) is 12.1. The van der Waals surface area contributed by atoms with E-state index in [2.05, 4.69) is 24.1 Å². The molecule has 2 amide bonds. The molecule has 0 aromatic carbocycles. The number of likely N-dealkylation sites (tertiary alicyclic amines) is 1. The number of ether oxygens (including phenoxy) is 2. The molecule has 0 aromatic rings. The number of morpholine rings is 1. The molecule has 1 N–H and O–H groups in total. The van der Waals surface area contributed by atoms with E-state index < -0.39 is 0 Å². The summed E-state index contributed by atoms with van der Waals surface area (Å²) in [6.07, 6.45) is 2.31. The molecular formula is C18H33N3O3. The highest BCUT2D eigenvalue weighted by Crippen LogP contribution is 2.23. The molecule has 0 spiro atoms. The van der Waals surface area contributed by atoms with Crippen LogP contribution in [0.5, 0.6) is 0 Å². The summed E-state index contributed by atoms with van der Waals surface area (Å²) in [6, 6.07) is 0.463. The summed E-state index contributed by atoms with van der Waals surface area (Å²) in [7, 11) is 0. The van der Waals surface area contributed by atoms with Crippen molar-refractivity contribution in [3.05, 3.63) is 0 Å². The van der Waals surface area contributed by atoms with Crippen molar-refractivity contribution in [3.63, 3.8) is 0 Å². The lowest BCUT2D eigenvalue weighted by atomic mass is 9.92. The fraction of sp³-hybridized carbons (Fsp3) is 0.944. The van der Waals surface area contributed by atoms with E-state index in [1.54, 1.807) is 0 Å². The molecule has 3 aliphatic heterocycles. The predicted molar refractivity (Wildman–Crippen MR) is 93.0 cm³/mol. The topological polar surface area (TPSA) is 54.0 Å². The predicted octanol–water partition coefficient (Wildman–Crippen LogP) is 1.41. The Morgan fingerprint density at radius 2 is 1.83 bits per heavy atom. The number of carbonyl (C=O) groups excluding carboxylic acids is 1. The Balaban J connectivity index is 1.55. The summed E-state index contributed by atoms with van der Waals surface area (Å²) in [5.74, 6) is 1.71. The summed E-state index contributed by atoms with van der Waals surface area (Å²) >= 11 is 0. The number of carbonyl (C=O) groups is 1. The van der Waals surface area contributed by atoms with E-state index in [1.807, 2.05) is 4.90 Å². The van der Waals surface area contributed by atoms with Crippen LogP contribution in [-0.4, -0.2) is 81.0 Å². The molecule has 0 aliphatic carbocycles. The van der Waals surface area contributed by atoms with E-state index >= 15 is 0 Å². The van der Waals surface area contributed by atoms with Gasteiger partial charge in [-0.05, 0) is 24.7 Å². The van der Waals surface area contributed by atoms with Gasteiger partial charge >= 0.3 is 6.03 Å². The quantitative estimate of drug-likeness (QED) is 0.841. The number of nitrogens with one attached hydrogen (secondary N) is 1. The normalized spacial score (nSPS) is 33.4. The molecule has 6 nitrogen and oxygen atoms in total. The van der Waals surface area contributed by atoms with E-state index in [0.29, 0.717) is 30.3 Å². The Bertz CT molecular complexity index is 398. The Morgan fingerprint density at radius 1 is 1.12 bits per heavy atom. The lowest BCUT2D eigenvalue weighted by molar-refractivity contribution is 0.00171. The zero-order valence-electron chi connectivity index (χ0n) is 15.2. The first-order valence-electron chi connectivity index (χ1n) is 9.55. The van der Waals surface area contributed by atoms with Crippen LogP contribution < -0.4 is 5.32 Å². The van der Waals surface area contributed by atoms with Gasteiger partial charge in [-0.1, -0.05) is 13.8 Å². The molecule has 0 bridgehead atoms. The molecule has 0 saturated carbocycles. The average molecular weight is 339 g/mol. The molecule has 4 atom stereocenters. The van der Waals surface area contributed by atoms with Crippen LogP contribution in [-0.2, 0) is 9.47 Å². The number of piperidine rings is 1. The minimum atomic E-state index is 0.102. The Kier molecular flexibility index (Phi) is 6.36. The second-order valence-electron chi connectivity index (χ2n) is 7.88. The van der Waals surface area contributed by atoms with Crippen molar-refractivity contribution in [2.45, 2.75) is 32.7 Å². The van der Waals surface area contributed by atoms with E-state index in [-0.39, 0.29) is 6.03 Å². The van der Waals surface area contributed by atoms with Gasteiger partial charge < -0.3 is 19.7 Å². The standard InChI is InChI=1S/C18H33N3O3/c1-14-9-15(2)12-21(11-14)18(22)19-10-17(16-3-6-24-13-16)20-4-7-23-8-5-20/h14-17H,3-13H2,1-2H3,(H,19,22)/t14-,15+,16-,17+/m0/s1. The van der Waals surface area contributed by atoms with E-state index in [0.717, 1.165) is 59.0 Å². The van der Waals surface area contributed by atoms with Crippen LogP contribution in [0.3, 0.4) is 0 Å². The Hall–Kier alpha value is -0.850. The smallest absolute Gasteiger partial charge is 0.317 e. The molecule has 6 heteroatoms. The van der Waals surface area contributed by atoms with E-state index in [9.17, 15) is 4.79 Å². The third kappa shape index (κ3) is 4.61. The number of amides is 2. The minimum absolute atomic E-state index is 0.102. The second-order valence-corrected chi connectivity index (χ2v) is 7.88. The van der Waals surface area contributed by atoms with Gasteiger partial charge in [0.25, 0.3) is 0 Å². The third-order valence-corrected chi connectivity index (χ3v) is 5.64. The third-order valence-electron chi connectivity index (χ3n) is 5.64. The fourth-order valence-electron chi connectivity index (χ4n) is 4.49. The van der Waals surface area contributed by atoms with Gasteiger partial charge in [0.2, 0.25) is 0 Å². The fourth-order valence-corrected chi connectivity index (χ4v) is 4.49. The zero-order valence-corrected chi connectivity index (χ0v) is 15.2. The van der Waals surface area contributed by atoms with Crippen LogP contribution in [0.1, 0.15) is 26.7 Å². The first-order chi connectivity index (χ1) is 11.6. The SMILES string of the molecule is C[C@@H]1C[C@H](C)CN(C(=O)NC[C@H]([C@H]2CCOC2)N2CCOCC2)C1. The molecule has 3 saturated heterocycles. The van der Waals surface area contributed by atoms with Crippen LogP contribution in [0.15, 0.2) is 0 Å². The van der Waals surface area contributed by atoms with E-state index in [1.165, 1.54) is 6.42 Å². The Labute approximate surface area is 145 Å². The number of hydrogen-bond acceptors (Lipinski definition) is 4. The van der Waals surface area contributed by atoms with Crippen molar-refractivity contribution in [1.29, 1.82) is 0 Å². The van der Waals surface area contributed by atoms with Crippen molar-refractivity contribution >= 4 is 6.03 Å². The monoisotopic (exact) mass is 339 g/mol. The highest BCUT2D eigenvalue weighted by atomic mass is 16.5. The first kappa shape index (κ1) is 18.0. The van der Waals surface area contributed by atoms with Gasteiger partial charge in [0.15, 0.2) is 0 Å². The van der Waals surface area contributed by atoms with Crippen molar-refractivity contribution in [3.8, 4) is 0 Å². The number of nitrogens with zero attached hydrogens (tertiary/aromatic N) is 2. The van der Waals surface area contributed by atoms with Crippen LogP contribution in [0.4, 0.5) is 4.79 Å².